The number of anilines is 1. The number of rotatable bonds is 9. The topological polar surface area (TPSA) is 59.8 Å². The van der Waals surface area contributed by atoms with Crippen molar-refractivity contribution in [3.63, 3.8) is 0 Å². The van der Waals surface area contributed by atoms with Crippen molar-refractivity contribution in [1.82, 2.24) is 14.8 Å². The average molecular weight is 453 g/mol. The van der Waals surface area contributed by atoms with Gasteiger partial charge in [0, 0.05) is 23.5 Å². The Balaban J connectivity index is 1.44. The van der Waals surface area contributed by atoms with Gasteiger partial charge in [0.2, 0.25) is 5.91 Å². The molecule has 0 aliphatic carbocycles. The van der Waals surface area contributed by atoms with Gasteiger partial charge in [-0.3, -0.25) is 4.79 Å². The number of thioether (sulfide) groups is 1. The first-order chi connectivity index (χ1) is 15.2. The smallest absolute Gasteiger partial charge is 0.234 e. The maximum atomic E-state index is 13.0. The maximum absolute atomic E-state index is 13.0. The molecule has 4 rings (SSSR count). The summed E-state index contributed by atoms with van der Waals surface area (Å²) in [7, 11) is 0. The lowest BCUT2D eigenvalue weighted by Gasteiger charge is -2.10. The predicted molar refractivity (Wildman–Crippen MR) is 123 cm³/mol. The molecule has 2 aromatic heterocycles. The van der Waals surface area contributed by atoms with Gasteiger partial charge < -0.3 is 9.88 Å². The summed E-state index contributed by atoms with van der Waals surface area (Å²) in [6, 6.07) is 20.1. The Labute approximate surface area is 188 Å². The highest BCUT2D eigenvalue weighted by molar-refractivity contribution is 7.99. The number of hydrogen-bond donors (Lipinski definition) is 1. The van der Waals surface area contributed by atoms with E-state index in [-0.39, 0.29) is 17.5 Å². The van der Waals surface area contributed by atoms with E-state index >= 15 is 0 Å². The van der Waals surface area contributed by atoms with Gasteiger partial charge in [0.25, 0.3) is 0 Å². The van der Waals surface area contributed by atoms with E-state index in [1.165, 1.54) is 34.3 Å². The molecule has 1 N–H and O–H groups in total. The second kappa shape index (κ2) is 10.4. The zero-order valence-electron chi connectivity index (χ0n) is 16.7. The van der Waals surface area contributed by atoms with E-state index < -0.39 is 0 Å². The number of benzene rings is 2. The Morgan fingerprint density at radius 3 is 2.58 bits per heavy atom. The molecule has 4 aromatic rings. The number of carbonyl (C=O) groups is 1. The normalized spacial score (nSPS) is 10.9. The number of hydrogen-bond acceptors (Lipinski definition) is 5. The molecule has 0 aliphatic rings. The molecule has 0 fully saturated rings. The molecule has 158 valence electrons. The number of amides is 1. The summed E-state index contributed by atoms with van der Waals surface area (Å²) in [5.74, 6) is 0.575. The fourth-order valence-corrected chi connectivity index (χ4v) is 4.58. The van der Waals surface area contributed by atoms with Crippen LogP contribution in [0.3, 0.4) is 0 Å². The number of nitrogens with zero attached hydrogens (tertiary/aromatic N) is 3. The van der Waals surface area contributed by atoms with Crippen molar-refractivity contribution >= 4 is 34.7 Å². The molecule has 0 radical (unpaired) electrons. The van der Waals surface area contributed by atoms with Crippen LogP contribution in [-0.2, 0) is 24.2 Å². The van der Waals surface area contributed by atoms with E-state index in [4.69, 9.17) is 0 Å². The van der Waals surface area contributed by atoms with Crippen molar-refractivity contribution in [2.45, 2.75) is 24.5 Å². The molecule has 5 nitrogen and oxygen atoms in total. The lowest BCUT2D eigenvalue weighted by Crippen LogP contribution is -2.15. The average Bonchev–Trinajstić information content (AvgIpc) is 3.43. The third-order valence-electron chi connectivity index (χ3n) is 4.63. The van der Waals surface area contributed by atoms with Gasteiger partial charge in [-0.15, -0.1) is 21.5 Å². The number of halogens is 1. The van der Waals surface area contributed by atoms with Crippen LogP contribution in [0.2, 0.25) is 0 Å². The maximum Gasteiger partial charge on any atom is 0.234 e. The lowest BCUT2D eigenvalue weighted by molar-refractivity contribution is -0.113. The van der Waals surface area contributed by atoms with Crippen LogP contribution in [-0.4, -0.2) is 26.4 Å². The largest absolute Gasteiger partial charge is 0.325 e. The summed E-state index contributed by atoms with van der Waals surface area (Å²) in [5, 5.41) is 14.3. The van der Waals surface area contributed by atoms with Crippen LogP contribution in [0.25, 0.3) is 0 Å². The third-order valence-corrected chi connectivity index (χ3v) is 6.48. The molecule has 31 heavy (non-hydrogen) atoms. The molecular weight excluding hydrogens is 431 g/mol. The van der Waals surface area contributed by atoms with Crippen LogP contribution in [0.5, 0.6) is 0 Å². The minimum absolute atomic E-state index is 0.172. The quantitative estimate of drug-likeness (QED) is 0.361. The number of thiophene rings is 1. The van der Waals surface area contributed by atoms with E-state index in [1.807, 2.05) is 24.3 Å². The molecule has 0 spiro atoms. The first-order valence-electron chi connectivity index (χ1n) is 9.84. The Hall–Kier alpha value is -2.97. The monoisotopic (exact) mass is 452 g/mol. The van der Waals surface area contributed by atoms with Crippen LogP contribution in [0, 0.1) is 5.82 Å². The van der Waals surface area contributed by atoms with Crippen LogP contribution >= 0.6 is 23.1 Å². The predicted octanol–water partition coefficient (Wildman–Crippen LogP) is 5.04. The van der Waals surface area contributed by atoms with Gasteiger partial charge >= 0.3 is 0 Å². The highest BCUT2D eigenvalue weighted by Gasteiger charge is 2.15. The summed E-state index contributed by atoms with van der Waals surface area (Å²) in [5.41, 5.74) is 1.80. The van der Waals surface area contributed by atoms with Gasteiger partial charge in [-0.05, 0) is 47.7 Å². The van der Waals surface area contributed by atoms with Crippen molar-refractivity contribution in [1.29, 1.82) is 0 Å². The van der Waals surface area contributed by atoms with Gasteiger partial charge in [-0.1, -0.05) is 48.2 Å². The van der Waals surface area contributed by atoms with Crippen LogP contribution in [0.1, 0.15) is 16.3 Å². The van der Waals surface area contributed by atoms with Crippen molar-refractivity contribution in [3.8, 4) is 0 Å². The Morgan fingerprint density at radius 2 is 1.84 bits per heavy atom. The number of carbonyl (C=O) groups excluding carboxylic acids is 1. The fourth-order valence-electron chi connectivity index (χ4n) is 3.10. The standard InChI is InChI=1S/C23H21FN4OS2/c24-18-8-10-19(11-9-18)25-22(29)16-31-23-27-26-21(15-20-7-4-14-30-20)28(23)13-12-17-5-2-1-3-6-17/h1-11,14H,12-13,15-16H2,(H,25,29). The first-order valence-corrected chi connectivity index (χ1v) is 11.7. The Kier molecular flexibility index (Phi) is 7.11. The molecule has 8 heteroatoms. The summed E-state index contributed by atoms with van der Waals surface area (Å²) >= 11 is 3.04. The van der Waals surface area contributed by atoms with Crippen molar-refractivity contribution < 1.29 is 9.18 Å². The molecule has 0 aliphatic heterocycles. The van der Waals surface area contributed by atoms with E-state index in [1.54, 1.807) is 23.5 Å². The lowest BCUT2D eigenvalue weighted by atomic mass is 10.1. The molecule has 1 amide bonds. The number of aryl methyl sites for hydroxylation is 1. The second-order valence-electron chi connectivity index (χ2n) is 6.89. The summed E-state index contributed by atoms with van der Waals surface area (Å²) < 4.78 is 15.1. The van der Waals surface area contributed by atoms with E-state index in [0.717, 1.165) is 23.9 Å². The van der Waals surface area contributed by atoms with Crippen LogP contribution < -0.4 is 5.32 Å². The van der Waals surface area contributed by atoms with Crippen molar-refractivity contribution in [3.05, 3.63) is 94.2 Å². The zero-order valence-corrected chi connectivity index (χ0v) is 18.3. The molecule has 0 saturated heterocycles. The molecule has 2 heterocycles. The highest BCUT2D eigenvalue weighted by atomic mass is 32.2. The van der Waals surface area contributed by atoms with E-state index in [9.17, 15) is 9.18 Å². The Morgan fingerprint density at radius 1 is 1.03 bits per heavy atom. The number of nitrogens with one attached hydrogen (secondary N) is 1. The van der Waals surface area contributed by atoms with Gasteiger partial charge in [0.1, 0.15) is 11.6 Å². The van der Waals surface area contributed by atoms with E-state index in [2.05, 4.69) is 43.7 Å². The fraction of sp³-hybridized carbons (Fsp3) is 0.174. The molecule has 0 saturated carbocycles. The van der Waals surface area contributed by atoms with Crippen molar-refractivity contribution in [2.24, 2.45) is 0 Å². The van der Waals surface area contributed by atoms with Crippen LogP contribution in [0.4, 0.5) is 10.1 Å². The van der Waals surface area contributed by atoms with Gasteiger partial charge in [-0.25, -0.2) is 4.39 Å². The van der Waals surface area contributed by atoms with E-state index in [0.29, 0.717) is 12.1 Å². The summed E-state index contributed by atoms with van der Waals surface area (Å²) in [6.07, 6.45) is 1.56. The summed E-state index contributed by atoms with van der Waals surface area (Å²) in [6.45, 7) is 0.736. The summed E-state index contributed by atoms with van der Waals surface area (Å²) in [4.78, 5) is 13.6. The third kappa shape index (κ3) is 6.02. The van der Waals surface area contributed by atoms with Crippen LogP contribution in [0.15, 0.2) is 77.3 Å². The van der Waals surface area contributed by atoms with Crippen molar-refractivity contribution in [2.75, 3.05) is 11.1 Å². The Bertz CT molecular complexity index is 1110. The minimum Gasteiger partial charge on any atom is -0.325 e. The zero-order chi connectivity index (χ0) is 21.5. The molecule has 2 aromatic carbocycles. The molecule has 0 bridgehead atoms. The van der Waals surface area contributed by atoms with Gasteiger partial charge in [0.05, 0.1) is 5.75 Å². The SMILES string of the molecule is O=C(CSc1nnc(Cc2cccs2)n1CCc1ccccc1)Nc1ccc(F)cc1. The second-order valence-corrected chi connectivity index (χ2v) is 8.86. The number of aromatic nitrogens is 3. The van der Waals surface area contributed by atoms with Gasteiger partial charge in [0.15, 0.2) is 5.16 Å². The molecular formula is C23H21FN4OS2. The molecule has 0 atom stereocenters. The first kappa shape index (κ1) is 21.3. The highest BCUT2D eigenvalue weighted by Crippen LogP contribution is 2.21. The van der Waals surface area contributed by atoms with Gasteiger partial charge in [-0.2, -0.15) is 0 Å². The molecule has 0 unspecified atom stereocenters. The minimum atomic E-state index is -0.336.